The number of nitrogens with zero attached hydrogens (tertiary/aromatic N) is 2. The summed E-state index contributed by atoms with van der Waals surface area (Å²) in [7, 11) is 0. The van der Waals surface area contributed by atoms with Crippen molar-refractivity contribution >= 4 is 29.6 Å². The SMILES string of the molecule is Cc1cc([C@@H](C)N(Cc2ccc(OCCN3C(=O)CCC3=O)c(C)c2)C2CCC2)ccc1Cl.O=C(O)O. The molecular weight excluding hydrogens is 496 g/mol. The minimum Gasteiger partial charge on any atom is -0.491 e. The molecule has 0 radical (unpaired) electrons. The van der Waals surface area contributed by atoms with Crippen LogP contribution in [0.4, 0.5) is 4.79 Å². The first-order valence-electron chi connectivity index (χ1n) is 12.6. The molecule has 2 aromatic rings. The summed E-state index contributed by atoms with van der Waals surface area (Å²) in [5, 5.41) is 14.8. The van der Waals surface area contributed by atoms with Gasteiger partial charge in [-0.15, -0.1) is 0 Å². The second-order valence-corrected chi connectivity index (χ2v) is 10.0. The Kier molecular flexibility index (Phi) is 9.94. The fourth-order valence-electron chi connectivity index (χ4n) is 4.72. The van der Waals surface area contributed by atoms with Gasteiger partial charge in [0.05, 0.1) is 6.54 Å². The summed E-state index contributed by atoms with van der Waals surface area (Å²) in [6.45, 7) is 7.90. The predicted octanol–water partition coefficient (Wildman–Crippen LogP) is 5.82. The van der Waals surface area contributed by atoms with E-state index in [0.717, 1.165) is 28.4 Å². The van der Waals surface area contributed by atoms with Gasteiger partial charge in [0.1, 0.15) is 12.4 Å². The van der Waals surface area contributed by atoms with Crippen molar-refractivity contribution in [2.45, 2.75) is 71.5 Å². The predicted molar refractivity (Wildman–Crippen MR) is 141 cm³/mol. The van der Waals surface area contributed by atoms with Crippen LogP contribution >= 0.6 is 11.6 Å². The normalized spacial score (nSPS) is 16.3. The Balaban J connectivity index is 0.000000886. The van der Waals surface area contributed by atoms with Crippen LogP contribution in [-0.2, 0) is 16.1 Å². The molecule has 1 heterocycles. The summed E-state index contributed by atoms with van der Waals surface area (Å²) in [5.41, 5.74) is 4.74. The van der Waals surface area contributed by atoms with Crippen molar-refractivity contribution in [3.8, 4) is 5.75 Å². The first-order valence-corrected chi connectivity index (χ1v) is 12.9. The van der Waals surface area contributed by atoms with Gasteiger partial charge in [-0.05, 0) is 68.0 Å². The van der Waals surface area contributed by atoms with Crippen molar-refractivity contribution in [3.63, 3.8) is 0 Å². The van der Waals surface area contributed by atoms with Crippen LogP contribution in [0.3, 0.4) is 0 Å². The van der Waals surface area contributed by atoms with E-state index in [1.54, 1.807) is 0 Å². The summed E-state index contributed by atoms with van der Waals surface area (Å²) in [6.07, 6.45) is 2.58. The van der Waals surface area contributed by atoms with E-state index in [-0.39, 0.29) is 11.8 Å². The van der Waals surface area contributed by atoms with E-state index in [1.807, 2.05) is 19.1 Å². The average Bonchev–Trinajstić information content (AvgIpc) is 3.12. The topological polar surface area (TPSA) is 107 Å². The summed E-state index contributed by atoms with van der Waals surface area (Å²) in [6, 6.07) is 13.6. The molecule has 2 fully saturated rings. The number of benzene rings is 2. The quantitative estimate of drug-likeness (QED) is 0.393. The van der Waals surface area contributed by atoms with Gasteiger partial charge in [-0.25, -0.2) is 4.79 Å². The highest BCUT2D eigenvalue weighted by Gasteiger charge is 2.30. The van der Waals surface area contributed by atoms with Gasteiger partial charge in [-0.1, -0.05) is 42.3 Å². The monoisotopic (exact) mass is 530 g/mol. The maximum atomic E-state index is 11.8. The number of hydrogen-bond donors (Lipinski definition) is 2. The summed E-state index contributed by atoms with van der Waals surface area (Å²) < 4.78 is 5.90. The van der Waals surface area contributed by atoms with Crippen LogP contribution in [0.1, 0.15) is 67.3 Å². The molecule has 200 valence electrons. The molecule has 4 rings (SSSR count). The number of hydrogen-bond acceptors (Lipinski definition) is 5. The molecule has 0 bridgehead atoms. The van der Waals surface area contributed by atoms with Gasteiger partial charge in [-0.2, -0.15) is 0 Å². The van der Waals surface area contributed by atoms with E-state index in [4.69, 9.17) is 31.3 Å². The van der Waals surface area contributed by atoms with Crippen LogP contribution < -0.4 is 4.74 Å². The third-order valence-corrected chi connectivity index (χ3v) is 7.46. The Labute approximate surface area is 222 Å². The number of carboxylic acid groups (broad SMARTS) is 2. The molecule has 2 aromatic carbocycles. The van der Waals surface area contributed by atoms with Crippen molar-refractivity contribution in [3.05, 3.63) is 63.7 Å². The molecule has 0 unspecified atom stereocenters. The highest BCUT2D eigenvalue weighted by Crippen LogP contribution is 2.35. The zero-order valence-electron chi connectivity index (χ0n) is 21.6. The molecule has 1 aliphatic heterocycles. The second-order valence-electron chi connectivity index (χ2n) is 9.61. The number of rotatable bonds is 9. The maximum Gasteiger partial charge on any atom is 0.503 e. The van der Waals surface area contributed by atoms with E-state index >= 15 is 0 Å². The number of aryl methyl sites for hydroxylation is 2. The van der Waals surface area contributed by atoms with Gasteiger partial charge >= 0.3 is 6.16 Å². The van der Waals surface area contributed by atoms with E-state index in [1.165, 1.54) is 35.3 Å². The minimum absolute atomic E-state index is 0.100. The fourth-order valence-corrected chi connectivity index (χ4v) is 4.84. The lowest BCUT2D eigenvalue weighted by Gasteiger charge is -2.42. The number of halogens is 1. The molecule has 0 aromatic heterocycles. The first-order chi connectivity index (χ1) is 17.6. The summed E-state index contributed by atoms with van der Waals surface area (Å²) in [4.78, 5) is 36.0. The van der Waals surface area contributed by atoms with Gasteiger partial charge in [0.2, 0.25) is 11.8 Å². The zero-order chi connectivity index (χ0) is 27.1. The molecule has 2 amide bonds. The highest BCUT2D eigenvalue weighted by molar-refractivity contribution is 6.31. The van der Waals surface area contributed by atoms with Crippen LogP contribution in [0.2, 0.25) is 5.02 Å². The van der Waals surface area contributed by atoms with Gasteiger partial charge in [-0.3, -0.25) is 19.4 Å². The lowest BCUT2D eigenvalue weighted by atomic mass is 9.88. The number of carbonyl (C=O) groups excluding carboxylic acids is 2. The minimum atomic E-state index is -1.83. The van der Waals surface area contributed by atoms with Crippen molar-refractivity contribution < 1.29 is 29.3 Å². The smallest absolute Gasteiger partial charge is 0.491 e. The Morgan fingerprint density at radius 3 is 2.27 bits per heavy atom. The average molecular weight is 531 g/mol. The van der Waals surface area contributed by atoms with E-state index in [0.29, 0.717) is 38.1 Å². The summed E-state index contributed by atoms with van der Waals surface area (Å²) in [5.74, 6) is 0.600. The van der Waals surface area contributed by atoms with Crippen LogP contribution in [0.15, 0.2) is 36.4 Å². The Bertz CT molecular complexity index is 1110. The van der Waals surface area contributed by atoms with Crippen molar-refractivity contribution in [1.29, 1.82) is 0 Å². The van der Waals surface area contributed by atoms with Gasteiger partial charge in [0, 0.05) is 36.5 Å². The molecule has 1 saturated heterocycles. The standard InChI is InChI=1S/C27H33ClN2O3.CH2O3/c1-18-16-22(8-9-24(18)28)20(3)30(23-5-4-6-23)17-21-7-10-25(19(2)15-21)33-14-13-29-26(31)11-12-27(29)32;2-1(3)4/h7-10,15-16,20,23H,4-6,11-14,17H2,1-3H3;(H2,2,3,4)/t20-;/m1./s1. The molecule has 37 heavy (non-hydrogen) atoms. The van der Waals surface area contributed by atoms with Gasteiger partial charge in [0.15, 0.2) is 0 Å². The second kappa shape index (κ2) is 12.9. The molecular formula is C28H35ClN2O6. The molecule has 8 nitrogen and oxygen atoms in total. The number of likely N-dealkylation sites (tertiary alicyclic amines) is 1. The Hall–Kier alpha value is -3.10. The van der Waals surface area contributed by atoms with Crippen LogP contribution in [0.5, 0.6) is 5.75 Å². The Morgan fingerprint density at radius 1 is 1.08 bits per heavy atom. The first kappa shape index (κ1) is 28.5. The molecule has 1 atom stereocenters. The lowest BCUT2D eigenvalue weighted by Crippen LogP contribution is -2.41. The van der Waals surface area contributed by atoms with Crippen LogP contribution in [0.25, 0.3) is 0 Å². The Morgan fingerprint density at radius 2 is 1.73 bits per heavy atom. The van der Waals surface area contributed by atoms with Crippen LogP contribution in [-0.4, -0.2) is 57.2 Å². The number of imide groups is 1. The number of amides is 2. The lowest BCUT2D eigenvalue weighted by molar-refractivity contribution is -0.138. The number of carbonyl (C=O) groups is 3. The van der Waals surface area contributed by atoms with Crippen molar-refractivity contribution in [2.75, 3.05) is 13.2 Å². The van der Waals surface area contributed by atoms with Gasteiger partial charge < -0.3 is 14.9 Å². The van der Waals surface area contributed by atoms with Crippen LogP contribution in [0, 0.1) is 13.8 Å². The third kappa shape index (κ3) is 7.69. The highest BCUT2D eigenvalue weighted by atomic mass is 35.5. The van der Waals surface area contributed by atoms with E-state index in [2.05, 4.69) is 43.0 Å². The van der Waals surface area contributed by atoms with E-state index in [9.17, 15) is 9.59 Å². The van der Waals surface area contributed by atoms with Gasteiger partial charge in [0.25, 0.3) is 0 Å². The molecule has 2 aliphatic rings. The molecule has 9 heteroatoms. The maximum absolute atomic E-state index is 11.8. The molecule has 1 saturated carbocycles. The van der Waals surface area contributed by atoms with E-state index < -0.39 is 6.16 Å². The summed E-state index contributed by atoms with van der Waals surface area (Å²) >= 11 is 6.25. The van der Waals surface area contributed by atoms with Crippen molar-refractivity contribution in [1.82, 2.24) is 9.80 Å². The number of ether oxygens (including phenoxy) is 1. The van der Waals surface area contributed by atoms with Crippen molar-refractivity contribution in [2.24, 2.45) is 0 Å². The molecule has 2 N–H and O–H groups in total. The largest absolute Gasteiger partial charge is 0.503 e. The molecule has 0 spiro atoms. The zero-order valence-corrected chi connectivity index (χ0v) is 22.3. The third-order valence-electron chi connectivity index (χ3n) is 7.04. The molecule has 1 aliphatic carbocycles. The fraction of sp³-hybridized carbons (Fsp3) is 0.464.